The maximum absolute atomic E-state index is 12.0. The Morgan fingerprint density at radius 3 is 2.72 bits per heavy atom. The Balaban J connectivity index is 2.35. The molecule has 0 aliphatic heterocycles. The van der Waals surface area contributed by atoms with Gasteiger partial charge < -0.3 is 4.40 Å². The Kier molecular flexibility index (Phi) is 2.71. The van der Waals surface area contributed by atoms with Gasteiger partial charge in [0.15, 0.2) is 0 Å². The molecule has 92 valence electrons. The summed E-state index contributed by atoms with van der Waals surface area (Å²) >= 11 is 5.36. The number of pyridine rings is 1. The van der Waals surface area contributed by atoms with Crippen LogP contribution >= 0.6 is 11.6 Å². The van der Waals surface area contributed by atoms with Gasteiger partial charge in [-0.05, 0) is 55.0 Å². The number of carbonyl (C=O) groups is 2. The lowest BCUT2D eigenvalue weighted by Gasteiger charge is -2.12. The number of Topliss-reactive ketones (excluding diaryl/α,β-unsaturated/α-hetero) is 1. The van der Waals surface area contributed by atoms with Gasteiger partial charge >= 0.3 is 0 Å². The molecule has 0 unspecified atom stereocenters. The normalized spacial score (nSPS) is 14.5. The van der Waals surface area contributed by atoms with Crippen molar-refractivity contribution in [1.82, 2.24) is 4.40 Å². The predicted molar refractivity (Wildman–Crippen MR) is 69.2 cm³/mol. The fourth-order valence-electron chi connectivity index (χ4n) is 2.81. The minimum Gasteiger partial charge on any atom is -0.320 e. The number of rotatable bonds is 2. The molecule has 0 aromatic carbocycles. The van der Waals surface area contributed by atoms with E-state index in [1.807, 2.05) is 28.8 Å². The van der Waals surface area contributed by atoms with E-state index in [1.165, 1.54) is 0 Å². The molecule has 0 saturated carbocycles. The van der Waals surface area contributed by atoms with Crippen LogP contribution in [-0.4, -0.2) is 15.4 Å². The Morgan fingerprint density at radius 1 is 1.17 bits per heavy atom. The second-order valence-electron chi connectivity index (χ2n) is 4.57. The molecule has 3 nitrogen and oxygen atoms in total. The van der Waals surface area contributed by atoms with Crippen LogP contribution in [0, 0.1) is 0 Å². The van der Waals surface area contributed by atoms with Gasteiger partial charge in [-0.2, -0.15) is 0 Å². The van der Waals surface area contributed by atoms with E-state index in [4.69, 9.17) is 11.6 Å². The molecule has 2 aromatic rings. The lowest BCUT2D eigenvalue weighted by Crippen LogP contribution is -2.11. The summed E-state index contributed by atoms with van der Waals surface area (Å²) in [5, 5.41) is -0.903. The topological polar surface area (TPSA) is 38.5 Å². The maximum Gasteiger partial charge on any atom is 0.293 e. The van der Waals surface area contributed by atoms with Gasteiger partial charge in [-0.15, -0.1) is 0 Å². The first-order valence-corrected chi connectivity index (χ1v) is 6.43. The first kappa shape index (κ1) is 11.5. The fraction of sp³-hybridized carbons (Fsp3) is 0.286. The van der Waals surface area contributed by atoms with Crippen molar-refractivity contribution in [2.45, 2.75) is 25.7 Å². The summed E-state index contributed by atoms with van der Waals surface area (Å²) in [6.07, 6.45) is 5.92. The zero-order valence-corrected chi connectivity index (χ0v) is 10.5. The Labute approximate surface area is 109 Å². The van der Waals surface area contributed by atoms with Crippen molar-refractivity contribution in [3.05, 3.63) is 41.2 Å². The molecule has 0 N–H and O–H groups in total. The van der Waals surface area contributed by atoms with E-state index in [2.05, 4.69) is 0 Å². The SMILES string of the molecule is O=C(Cl)C(=O)c1c2c(n3ccccc13)CCCC2. The summed E-state index contributed by atoms with van der Waals surface area (Å²) in [5.41, 5.74) is 3.46. The van der Waals surface area contributed by atoms with Gasteiger partial charge in [-0.3, -0.25) is 9.59 Å². The number of fused-ring (bicyclic) bond motifs is 3. The number of hydrogen-bond acceptors (Lipinski definition) is 2. The summed E-state index contributed by atoms with van der Waals surface area (Å²) < 4.78 is 2.02. The predicted octanol–water partition coefficient (Wildman–Crippen LogP) is 2.77. The summed E-state index contributed by atoms with van der Waals surface area (Å²) in [4.78, 5) is 23.2. The van der Waals surface area contributed by atoms with E-state index in [0.717, 1.165) is 42.5 Å². The van der Waals surface area contributed by atoms with Crippen LogP contribution in [0.2, 0.25) is 0 Å². The summed E-state index contributed by atoms with van der Waals surface area (Å²) in [6.45, 7) is 0. The number of hydrogen-bond donors (Lipinski definition) is 0. The summed E-state index contributed by atoms with van der Waals surface area (Å²) in [7, 11) is 0. The fourth-order valence-corrected chi connectivity index (χ4v) is 2.91. The van der Waals surface area contributed by atoms with E-state index in [-0.39, 0.29) is 0 Å². The molecule has 0 atom stereocenters. The van der Waals surface area contributed by atoms with Crippen molar-refractivity contribution in [1.29, 1.82) is 0 Å². The number of nitrogens with zero attached hydrogens (tertiary/aromatic N) is 1. The van der Waals surface area contributed by atoms with Crippen molar-refractivity contribution in [3.63, 3.8) is 0 Å². The second kappa shape index (κ2) is 4.25. The molecule has 0 spiro atoms. The molecule has 4 heteroatoms. The summed E-state index contributed by atoms with van der Waals surface area (Å²) in [5.74, 6) is -0.580. The highest BCUT2D eigenvalue weighted by atomic mass is 35.5. The molecular formula is C14H12ClNO2. The van der Waals surface area contributed by atoms with Crippen LogP contribution in [0.4, 0.5) is 0 Å². The lowest BCUT2D eigenvalue weighted by molar-refractivity contribution is -0.108. The highest BCUT2D eigenvalue weighted by Crippen LogP contribution is 2.30. The zero-order chi connectivity index (χ0) is 12.7. The molecule has 0 amide bonds. The number of halogens is 1. The zero-order valence-electron chi connectivity index (χ0n) is 9.78. The molecular weight excluding hydrogens is 250 g/mol. The number of aromatic nitrogens is 1. The highest BCUT2D eigenvalue weighted by molar-refractivity contribution is 6.83. The largest absolute Gasteiger partial charge is 0.320 e. The van der Waals surface area contributed by atoms with Crippen LogP contribution in [0.15, 0.2) is 24.4 Å². The molecule has 3 rings (SSSR count). The van der Waals surface area contributed by atoms with Crippen LogP contribution < -0.4 is 0 Å². The number of ketones is 1. The van der Waals surface area contributed by atoms with E-state index in [0.29, 0.717) is 5.56 Å². The Morgan fingerprint density at radius 2 is 1.94 bits per heavy atom. The molecule has 2 heterocycles. The van der Waals surface area contributed by atoms with Crippen LogP contribution in [-0.2, 0) is 17.6 Å². The van der Waals surface area contributed by atoms with Crippen LogP contribution in [0.3, 0.4) is 0 Å². The maximum atomic E-state index is 12.0. The van der Waals surface area contributed by atoms with Gasteiger partial charge in [-0.25, -0.2) is 0 Å². The third kappa shape index (κ3) is 1.58. The smallest absolute Gasteiger partial charge is 0.293 e. The first-order valence-electron chi connectivity index (χ1n) is 6.05. The van der Waals surface area contributed by atoms with Gasteiger partial charge in [0, 0.05) is 11.9 Å². The lowest BCUT2D eigenvalue weighted by atomic mass is 9.93. The molecule has 0 saturated heterocycles. The minimum atomic E-state index is -0.903. The second-order valence-corrected chi connectivity index (χ2v) is 4.91. The average molecular weight is 262 g/mol. The molecule has 0 fully saturated rings. The standard InChI is InChI=1S/C14H12ClNO2/c15-14(18)13(17)12-9-5-1-2-6-10(9)16-8-4-3-7-11(12)16/h3-4,7-8H,1-2,5-6H2. The van der Waals surface area contributed by atoms with Crippen LogP contribution in [0.5, 0.6) is 0 Å². The highest BCUT2D eigenvalue weighted by Gasteiger charge is 2.27. The quantitative estimate of drug-likeness (QED) is 0.474. The Bertz CT molecular complexity index is 657. The van der Waals surface area contributed by atoms with E-state index < -0.39 is 11.0 Å². The van der Waals surface area contributed by atoms with E-state index in [1.54, 1.807) is 0 Å². The molecule has 18 heavy (non-hydrogen) atoms. The molecule has 0 bridgehead atoms. The van der Waals surface area contributed by atoms with Crippen molar-refractivity contribution < 1.29 is 9.59 Å². The van der Waals surface area contributed by atoms with Crippen molar-refractivity contribution in [3.8, 4) is 0 Å². The van der Waals surface area contributed by atoms with Crippen molar-refractivity contribution >= 4 is 28.1 Å². The van der Waals surface area contributed by atoms with E-state index in [9.17, 15) is 9.59 Å². The van der Waals surface area contributed by atoms with Crippen molar-refractivity contribution in [2.75, 3.05) is 0 Å². The van der Waals surface area contributed by atoms with Gasteiger partial charge in [-0.1, -0.05) is 6.07 Å². The number of aryl methyl sites for hydroxylation is 1. The van der Waals surface area contributed by atoms with Gasteiger partial charge in [0.25, 0.3) is 5.24 Å². The van der Waals surface area contributed by atoms with Gasteiger partial charge in [0.1, 0.15) is 0 Å². The minimum absolute atomic E-state index is 0.505. The first-order chi connectivity index (χ1) is 8.70. The van der Waals surface area contributed by atoms with Gasteiger partial charge in [0.2, 0.25) is 5.78 Å². The third-order valence-corrected chi connectivity index (χ3v) is 3.72. The molecule has 2 aromatic heterocycles. The molecule has 0 radical (unpaired) electrons. The summed E-state index contributed by atoms with van der Waals surface area (Å²) in [6, 6.07) is 5.67. The van der Waals surface area contributed by atoms with E-state index >= 15 is 0 Å². The Hall–Kier alpha value is -1.61. The van der Waals surface area contributed by atoms with Crippen LogP contribution in [0.1, 0.15) is 34.5 Å². The molecule has 1 aliphatic rings. The van der Waals surface area contributed by atoms with Crippen molar-refractivity contribution in [2.24, 2.45) is 0 Å². The third-order valence-electron chi connectivity index (χ3n) is 3.55. The monoisotopic (exact) mass is 261 g/mol. The van der Waals surface area contributed by atoms with Gasteiger partial charge in [0.05, 0.1) is 11.1 Å². The average Bonchev–Trinajstić information content (AvgIpc) is 2.72. The van der Waals surface area contributed by atoms with Crippen LogP contribution in [0.25, 0.3) is 5.52 Å². The molecule has 1 aliphatic carbocycles. The number of carbonyl (C=O) groups excluding carboxylic acids is 2.